The molecule has 5 nitrogen and oxygen atoms in total. The lowest BCUT2D eigenvalue weighted by Crippen LogP contribution is -2.24. The van der Waals surface area contributed by atoms with E-state index in [-0.39, 0.29) is 5.69 Å². The van der Waals surface area contributed by atoms with Crippen LogP contribution in [0.2, 0.25) is 5.02 Å². The first-order valence-corrected chi connectivity index (χ1v) is 5.78. The summed E-state index contributed by atoms with van der Waals surface area (Å²) in [6, 6.07) is 4.50. The van der Waals surface area contributed by atoms with Crippen LogP contribution in [0.1, 0.15) is 6.92 Å². The summed E-state index contributed by atoms with van der Waals surface area (Å²) in [5.41, 5.74) is 0.514. The molecule has 0 aliphatic carbocycles. The molecule has 0 bridgehead atoms. The summed E-state index contributed by atoms with van der Waals surface area (Å²) in [6.07, 6.45) is 0. The molecule has 0 aliphatic heterocycles. The van der Waals surface area contributed by atoms with E-state index in [1.54, 1.807) is 6.07 Å². The Hall–Kier alpha value is -1.33. The minimum atomic E-state index is -0.414. The topological polar surface area (TPSA) is 58.4 Å². The minimum absolute atomic E-state index is 0.0496. The standard InChI is InChI=1S/C11H16ClN3O2/c1-3-14(2)7-6-13-10-8-9(12)4-5-11(10)15(16)17/h4-5,8,13H,3,6-7H2,1-2H3. The van der Waals surface area contributed by atoms with Crippen LogP contribution < -0.4 is 5.32 Å². The zero-order chi connectivity index (χ0) is 12.8. The van der Waals surface area contributed by atoms with Crippen LogP contribution in [-0.2, 0) is 0 Å². The van der Waals surface area contributed by atoms with Gasteiger partial charge >= 0.3 is 0 Å². The predicted molar refractivity (Wildman–Crippen MR) is 69.8 cm³/mol. The number of halogens is 1. The maximum atomic E-state index is 10.8. The van der Waals surface area contributed by atoms with Gasteiger partial charge in [0, 0.05) is 24.2 Å². The Morgan fingerprint density at radius 3 is 2.82 bits per heavy atom. The van der Waals surface area contributed by atoms with Gasteiger partial charge in [0.15, 0.2) is 0 Å². The SMILES string of the molecule is CCN(C)CCNc1cc(Cl)ccc1[N+](=O)[O-]. The average molecular weight is 258 g/mol. The molecule has 6 heteroatoms. The molecule has 0 atom stereocenters. The molecule has 94 valence electrons. The molecule has 0 radical (unpaired) electrons. The molecular weight excluding hydrogens is 242 g/mol. The Morgan fingerprint density at radius 2 is 2.24 bits per heavy atom. The highest BCUT2D eigenvalue weighted by atomic mass is 35.5. The molecule has 1 N–H and O–H groups in total. The van der Waals surface area contributed by atoms with Crippen molar-refractivity contribution in [2.75, 3.05) is 32.0 Å². The maximum absolute atomic E-state index is 10.8. The highest BCUT2D eigenvalue weighted by Gasteiger charge is 2.13. The van der Waals surface area contributed by atoms with Gasteiger partial charge in [0.2, 0.25) is 0 Å². The Bertz CT molecular complexity index is 398. The third kappa shape index (κ3) is 4.20. The van der Waals surface area contributed by atoms with Gasteiger partial charge in [-0.15, -0.1) is 0 Å². The van der Waals surface area contributed by atoms with E-state index in [1.807, 2.05) is 7.05 Å². The van der Waals surface area contributed by atoms with Crippen molar-refractivity contribution in [3.8, 4) is 0 Å². The smallest absolute Gasteiger partial charge is 0.292 e. The second-order valence-electron chi connectivity index (χ2n) is 3.74. The molecule has 0 fully saturated rings. The van der Waals surface area contributed by atoms with Crippen molar-refractivity contribution in [2.45, 2.75) is 6.92 Å². The Balaban J connectivity index is 2.68. The zero-order valence-electron chi connectivity index (χ0n) is 9.94. The van der Waals surface area contributed by atoms with Gasteiger partial charge in [-0.2, -0.15) is 0 Å². The first-order valence-electron chi connectivity index (χ1n) is 5.41. The van der Waals surface area contributed by atoms with Crippen LogP contribution in [0, 0.1) is 10.1 Å². The molecule has 0 saturated heterocycles. The number of hydrogen-bond acceptors (Lipinski definition) is 4. The van der Waals surface area contributed by atoms with Crippen LogP contribution in [0.3, 0.4) is 0 Å². The van der Waals surface area contributed by atoms with Crippen LogP contribution in [0.25, 0.3) is 0 Å². The molecule has 1 aromatic carbocycles. The summed E-state index contributed by atoms with van der Waals surface area (Å²) in [6.45, 7) is 4.47. The fourth-order valence-corrected chi connectivity index (χ4v) is 1.52. The molecule has 0 unspecified atom stereocenters. The summed E-state index contributed by atoms with van der Waals surface area (Å²) < 4.78 is 0. The molecule has 17 heavy (non-hydrogen) atoms. The largest absolute Gasteiger partial charge is 0.378 e. The van der Waals surface area contributed by atoms with Crippen molar-refractivity contribution in [3.63, 3.8) is 0 Å². The van der Waals surface area contributed by atoms with Gasteiger partial charge in [-0.25, -0.2) is 0 Å². The molecule has 0 amide bonds. The number of nitro groups is 1. The number of hydrogen-bond donors (Lipinski definition) is 1. The molecular formula is C11H16ClN3O2. The lowest BCUT2D eigenvalue weighted by atomic mass is 10.2. The van der Waals surface area contributed by atoms with Crippen molar-refractivity contribution >= 4 is 23.0 Å². The first kappa shape index (κ1) is 13.7. The second kappa shape index (κ2) is 6.42. The van der Waals surface area contributed by atoms with Crippen molar-refractivity contribution in [3.05, 3.63) is 33.3 Å². The van der Waals surface area contributed by atoms with Crippen molar-refractivity contribution in [2.24, 2.45) is 0 Å². The normalized spacial score (nSPS) is 10.6. The number of nitro benzene ring substituents is 1. The van der Waals surface area contributed by atoms with E-state index >= 15 is 0 Å². The van der Waals surface area contributed by atoms with Crippen LogP contribution in [-0.4, -0.2) is 36.5 Å². The van der Waals surface area contributed by atoms with Crippen molar-refractivity contribution in [1.29, 1.82) is 0 Å². The summed E-state index contributed by atoms with van der Waals surface area (Å²) in [4.78, 5) is 12.5. The summed E-state index contributed by atoms with van der Waals surface area (Å²) >= 11 is 5.82. The second-order valence-corrected chi connectivity index (χ2v) is 4.18. The highest BCUT2D eigenvalue weighted by Crippen LogP contribution is 2.27. The zero-order valence-corrected chi connectivity index (χ0v) is 10.7. The summed E-state index contributed by atoms with van der Waals surface area (Å²) in [5.74, 6) is 0. The van der Waals surface area contributed by atoms with Crippen LogP contribution in [0.15, 0.2) is 18.2 Å². The van der Waals surface area contributed by atoms with Crippen molar-refractivity contribution < 1.29 is 4.92 Å². The first-order chi connectivity index (χ1) is 8.04. The Morgan fingerprint density at radius 1 is 1.53 bits per heavy atom. The molecule has 1 aromatic rings. The van der Waals surface area contributed by atoms with Gasteiger partial charge in [0.1, 0.15) is 5.69 Å². The van der Waals surface area contributed by atoms with Crippen LogP contribution >= 0.6 is 11.6 Å². The average Bonchev–Trinajstić information content (AvgIpc) is 2.28. The lowest BCUT2D eigenvalue weighted by molar-refractivity contribution is -0.384. The Kier molecular flexibility index (Phi) is 5.18. The third-order valence-electron chi connectivity index (χ3n) is 2.50. The molecule has 1 rings (SSSR count). The van der Waals surface area contributed by atoms with Gasteiger partial charge in [-0.3, -0.25) is 10.1 Å². The quantitative estimate of drug-likeness (QED) is 0.629. The number of benzene rings is 1. The lowest BCUT2D eigenvalue weighted by Gasteiger charge is -2.14. The maximum Gasteiger partial charge on any atom is 0.292 e. The van der Waals surface area contributed by atoms with E-state index in [0.717, 1.165) is 13.1 Å². The van der Waals surface area contributed by atoms with E-state index in [4.69, 9.17) is 11.6 Å². The highest BCUT2D eigenvalue weighted by molar-refractivity contribution is 6.31. The summed E-state index contributed by atoms with van der Waals surface area (Å²) in [5, 5.41) is 14.3. The fraction of sp³-hybridized carbons (Fsp3) is 0.455. The predicted octanol–water partition coefficient (Wildman–Crippen LogP) is 2.61. The van der Waals surface area contributed by atoms with E-state index in [0.29, 0.717) is 17.3 Å². The number of nitrogens with zero attached hydrogens (tertiary/aromatic N) is 2. The van der Waals surface area contributed by atoms with Gasteiger partial charge in [0.05, 0.1) is 4.92 Å². The van der Waals surface area contributed by atoms with Gasteiger partial charge in [0.25, 0.3) is 5.69 Å². The molecule has 0 aromatic heterocycles. The van der Waals surface area contributed by atoms with Gasteiger partial charge < -0.3 is 10.2 Å². The summed E-state index contributed by atoms with van der Waals surface area (Å²) in [7, 11) is 1.99. The Labute approximate surface area is 106 Å². The van der Waals surface area contributed by atoms with E-state index < -0.39 is 4.92 Å². The third-order valence-corrected chi connectivity index (χ3v) is 2.74. The van der Waals surface area contributed by atoms with E-state index in [1.165, 1.54) is 12.1 Å². The molecule has 0 spiro atoms. The van der Waals surface area contributed by atoms with Crippen LogP contribution in [0.5, 0.6) is 0 Å². The monoisotopic (exact) mass is 257 g/mol. The van der Waals surface area contributed by atoms with E-state index in [2.05, 4.69) is 17.1 Å². The van der Waals surface area contributed by atoms with Crippen molar-refractivity contribution in [1.82, 2.24) is 4.90 Å². The van der Waals surface area contributed by atoms with Crippen LogP contribution in [0.4, 0.5) is 11.4 Å². The number of rotatable bonds is 6. The molecule has 0 aliphatic rings. The number of likely N-dealkylation sites (N-methyl/N-ethyl adjacent to an activating group) is 1. The fourth-order valence-electron chi connectivity index (χ4n) is 1.35. The van der Waals surface area contributed by atoms with Gasteiger partial charge in [-0.1, -0.05) is 18.5 Å². The minimum Gasteiger partial charge on any atom is -0.378 e. The number of nitrogens with one attached hydrogen (secondary N) is 1. The van der Waals surface area contributed by atoms with E-state index in [9.17, 15) is 10.1 Å². The molecule has 0 saturated carbocycles. The molecule has 0 heterocycles. The number of anilines is 1. The van der Waals surface area contributed by atoms with Gasteiger partial charge in [-0.05, 0) is 25.7 Å².